The molecule has 108 valence electrons. The fourth-order valence-corrected chi connectivity index (χ4v) is 4.05. The third kappa shape index (κ3) is 4.06. The lowest BCUT2D eigenvalue weighted by atomic mass is 10.2. The molecule has 0 saturated heterocycles. The summed E-state index contributed by atoms with van der Waals surface area (Å²) >= 11 is 1.62. The molecule has 0 aliphatic carbocycles. The van der Waals surface area contributed by atoms with Crippen LogP contribution in [-0.4, -0.2) is 8.42 Å². The van der Waals surface area contributed by atoms with Crippen LogP contribution in [0.15, 0.2) is 30.3 Å². The van der Waals surface area contributed by atoms with Crippen molar-refractivity contribution in [2.24, 2.45) is 0 Å². The van der Waals surface area contributed by atoms with E-state index in [-0.39, 0.29) is 5.75 Å². The molecule has 0 fully saturated rings. The Labute approximate surface area is 123 Å². The first kappa shape index (κ1) is 15.0. The van der Waals surface area contributed by atoms with E-state index in [4.69, 9.17) is 5.73 Å². The predicted molar refractivity (Wildman–Crippen MR) is 84.1 cm³/mol. The molecule has 4 nitrogen and oxygen atoms in total. The van der Waals surface area contributed by atoms with Crippen LogP contribution in [0.25, 0.3) is 0 Å². The molecule has 0 saturated carbocycles. The van der Waals surface area contributed by atoms with Crippen LogP contribution < -0.4 is 10.5 Å². The normalized spacial score (nSPS) is 11.7. The molecule has 0 unspecified atom stereocenters. The summed E-state index contributed by atoms with van der Waals surface area (Å²) in [4.78, 5) is 2.24. The van der Waals surface area contributed by atoms with E-state index in [9.17, 15) is 8.42 Å². The summed E-state index contributed by atoms with van der Waals surface area (Å²) in [5.74, 6) is -0.0542. The van der Waals surface area contributed by atoms with Crippen molar-refractivity contribution in [1.82, 2.24) is 4.72 Å². The Morgan fingerprint density at radius 1 is 1.25 bits per heavy atom. The number of sulfonamides is 1. The minimum absolute atomic E-state index is 0.0542. The van der Waals surface area contributed by atoms with Gasteiger partial charge in [-0.2, -0.15) is 0 Å². The highest BCUT2D eigenvalue weighted by atomic mass is 32.2. The lowest BCUT2D eigenvalue weighted by molar-refractivity contribution is 0.581. The van der Waals surface area contributed by atoms with Crippen LogP contribution in [0.3, 0.4) is 0 Å². The average Bonchev–Trinajstić information content (AvgIpc) is 2.66. The first-order valence-corrected chi connectivity index (χ1v) is 8.70. The fourth-order valence-electron chi connectivity index (χ4n) is 1.87. The van der Waals surface area contributed by atoms with Crippen molar-refractivity contribution in [1.29, 1.82) is 0 Å². The Morgan fingerprint density at radius 2 is 2.00 bits per heavy atom. The minimum Gasteiger partial charge on any atom is -0.399 e. The molecule has 0 spiro atoms. The number of nitrogen functional groups attached to an aromatic ring is 1. The van der Waals surface area contributed by atoms with Gasteiger partial charge in [-0.15, -0.1) is 11.3 Å². The standard InChI is InChI=1S/C14H18N2O2S2/c1-10-6-14(19-11(10)2)8-16-20(17,18)9-12-4-3-5-13(15)7-12/h3-7,16H,8-9,15H2,1-2H3. The third-order valence-electron chi connectivity index (χ3n) is 2.99. The predicted octanol–water partition coefficient (Wildman–Crippen LogP) is 2.57. The van der Waals surface area contributed by atoms with Crippen molar-refractivity contribution < 1.29 is 8.42 Å². The zero-order chi connectivity index (χ0) is 14.8. The minimum atomic E-state index is -3.35. The lowest BCUT2D eigenvalue weighted by Gasteiger charge is -2.06. The van der Waals surface area contributed by atoms with Crippen LogP contribution in [0.2, 0.25) is 0 Å². The number of aryl methyl sites for hydroxylation is 2. The Hall–Kier alpha value is -1.37. The summed E-state index contributed by atoms with van der Waals surface area (Å²) in [6.07, 6.45) is 0. The van der Waals surface area contributed by atoms with Crippen molar-refractivity contribution in [3.63, 3.8) is 0 Å². The van der Waals surface area contributed by atoms with E-state index in [0.29, 0.717) is 17.8 Å². The van der Waals surface area contributed by atoms with E-state index in [1.807, 2.05) is 19.9 Å². The molecule has 0 aliphatic heterocycles. The maximum Gasteiger partial charge on any atom is 0.216 e. The maximum atomic E-state index is 12.0. The van der Waals surface area contributed by atoms with Crippen molar-refractivity contribution in [2.75, 3.05) is 5.73 Å². The summed E-state index contributed by atoms with van der Waals surface area (Å²) < 4.78 is 26.7. The smallest absolute Gasteiger partial charge is 0.216 e. The van der Waals surface area contributed by atoms with Gasteiger partial charge >= 0.3 is 0 Å². The number of nitrogens with two attached hydrogens (primary N) is 1. The van der Waals surface area contributed by atoms with E-state index in [0.717, 1.165) is 4.88 Å². The summed E-state index contributed by atoms with van der Waals surface area (Å²) in [5, 5.41) is 0. The van der Waals surface area contributed by atoms with Gasteiger partial charge in [0, 0.05) is 22.0 Å². The molecule has 1 aromatic carbocycles. The Morgan fingerprint density at radius 3 is 2.60 bits per heavy atom. The monoisotopic (exact) mass is 310 g/mol. The first-order valence-electron chi connectivity index (χ1n) is 6.23. The number of benzene rings is 1. The molecule has 0 bridgehead atoms. The van der Waals surface area contributed by atoms with E-state index >= 15 is 0 Å². The van der Waals surface area contributed by atoms with Gasteiger partial charge < -0.3 is 5.73 Å². The number of anilines is 1. The van der Waals surface area contributed by atoms with Gasteiger partial charge in [-0.3, -0.25) is 0 Å². The van der Waals surface area contributed by atoms with Gasteiger partial charge in [-0.1, -0.05) is 12.1 Å². The van der Waals surface area contributed by atoms with Crippen LogP contribution in [0.1, 0.15) is 20.9 Å². The molecule has 0 amide bonds. The van der Waals surface area contributed by atoms with Gasteiger partial charge in [0.15, 0.2) is 0 Å². The van der Waals surface area contributed by atoms with Gasteiger partial charge in [0.25, 0.3) is 0 Å². The second-order valence-electron chi connectivity index (χ2n) is 4.78. The highest BCUT2D eigenvalue weighted by Gasteiger charge is 2.12. The topological polar surface area (TPSA) is 72.2 Å². The Balaban J connectivity index is 2.01. The van der Waals surface area contributed by atoms with Crippen molar-refractivity contribution in [3.05, 3.63) is 51.2 Å². The Bertz CT molecular complexity index is 686. The summed E-state index contributed by atoms with van der Waals surface area (Å²) in [5.41, 5.74) is 8.11. The van der Waals surface area contributed by atoms with Gasteiger partial charge in [-0.05, 0) is 43.2 Å². The van der Waals surface area contributed by atoms with Crippen molar-refractivity contribution in [3.8, 4) is 0 Å². The summed E-state index contributed by atoms with van der Waals surface area (Å²) in [6.45, 7) is 4.39. The van der Waals surface area contributed by atoms with Crippen LogP contribution in [-0.2, 0) is 22.3 Å². The molecule has 0 atom stereocenters. The van der Waals surface area contributed by atoms with Gasteiger partial charge in [0.1, 0.15) is 0 Å². The molecule has 20 heavy (non-hydrogen) atoms. The van der Waals surface area contributed by atoms with Crippen molar-refractivity contribution in [2.45, 2.75) is 26.1 Å². The van der Waals surface area contributed by atoms with Crippen molar-refractivity contribution >= 4 is 27.0 Å². The van der Waals surface area contributed by atoms with Gasteiger partial charge in [0.2, 0.25) is 10.0 Å². The first-order chi connectivity index (χ1) is 9.35. The molecule has 6 heteroatoms. The summed E-state index contributed by atoms with van der Waals surface area (Å²) in [6, 6.07) is 8.95. The lowest BCUT2D eigenvalue weighted by Crippen LogP contribution is -2.24. The molecule has 2 aromatic rings. The van der Waals surface area contributed by atoms with E-state index < -0.39 is 10.0 Å². The average molecular weight is 310 g/mol. The second-order valence-corrected chi connectivity index (χ2v) is 7.92. The molecular formula is C14H18N2O2S2. The van der Waals surface area contributed by atoms with E-state index in [2.05, 4.69) is 4.72 Å². The zero-order valence-corrected chi connectivity index (χ0v) is 13.1. The molecule has 1 heterocycles. The number of rotatable bonds is 5. The zero-order valence-electron chi connectivity index (χ0n) is 11.5. The van der Waals surface area contributed by atoms with E-state index in [1.165, 1.54) is 10.4 Å². The number of hydrogen-bond acceptors (Lipinski definition) is 4. The van der Waals surface area contributed by atoms with Crippen LogP contribution in [0.5, 0.6) is 0 Å². The fraction of sp³-hybridized carbons (Fsp3) is 0.286. The largest absolute Gasteiger partial charge is 0.399 e. The second kappa shape index (κ2) is 5.95. The number of thiophene rings is 1. The Kier molecular flexibility index (Phi) is 4.47. The number of nitrogens with one attached hydrogen (secondary N) is 1. The quantitative estimate of drug-likeness (QED) is 0.834. The van der Waals surface area contributed by atoms with Gasteiger partial charge in [0.05, 0.1) is 5.75 Å². The van der Waals surface area contributed by atoms with Crippen LogP contribution in [0.4, 0.5) is 5.69 Å². The highest BCUT2D eigenvalue weighted by molar-refractivity contribution is 7.88. The van der Waals surface area contributed by atoms with Crippen LogP contribution >= 0.6 is 11.3 Å². The molecule has 0 radical (unpaired) electrons. The van der Waals surface area contributed by atoms with E-state index in [1.54, 1.807) is 35.6 Å². The molecular weight excluding hydrogens is 292 g/mol. The molecule has 3 N–H and O–H groups in total. The van der Waals surface area contributed by atoms with Crippen LogP contribution in [0, 0.1) is 13.8 Å². The molecule has 2 rings (SSSR count). The molecule has 1 aromatic heterocycles. The molecule has 0 aliphatic rings. The highest BCUT2D eigenvalue weighted by Crippen LogP contribution is 2.20. The number of hydrogen-bond donors (Lipinski definition) is 2. The third-order valence-corrected chi connectivity index (χ3v) is 5.44. The summed E-state index contributed by atoms with van der Waals surface area (Å²) in [7, 11) is -3.35. The SMILES string of the molecule is Cc1cc(CNS(=O)(=O)Cc2cccc(N)c2)sc1C. The van der Waals surface area contributed by atoms with Gasteiger partial charge in [-0.25, -0.2) is 13.1 Å². The maximum absolute atomic E-state index is 12.0.